The van der Waals surface area contributed by atoms with Crippen molar-refractivity contribution in [2.45, 2.75) is 44.6 Å². The van der Waals surface area contributed by atoms with Gasteiger partial charge >= 0.3 is 5.97 Å². The number of aromatic amines is 1. The molecule has 3 aliphatic rings. The number of ether oxygens (including phenoxy) is 1. The number of likely N-dealkylation sites (tertiary alicyclic amines) is 2. The number of cyclic esters (lactones) is 1. The Kier molecular flexibility index (Phi) is 4.82. The first-order valence-electron chi connectivity index (χ1n) is 10.9. The summed E-state index contributed by atoms with van der Waals surface area (Å²) in [6, 6.07) is 8.07. The normalized spacial score (nSPS) is 24.5. The third-order valence-electron chi connectivity index (χ3n) is 7.08. The number of carbonyl (C=O) groups is 2. The summed E-state index contributed by atoms with van der Waals surface area (Å²) in [4.78, 5) is 33.1. The Morgan fingerprint density at radius 3 is 2.69 bits per heavy atom. The van der Waals surface area contributed by atoms with Crippen LogP contribution in [0.3, 0.4) is 0 Å². The van der Waals surface area contributed by atoms with Crippen LogP contribution >= 0.6 is 0 Å². The minimum absolute atomic E-state index is 0.0223. The summed E-state index contributed by atoms with van der Waals surface area (Å²) in [7, 11) is 0. The number of benzene rings is 1. The summed E-state index contributed by atoms with van der Waals surface area (Å²) >= 11 is 0. The van der Waals surface area contributed by atoms with Crippen molar-refractivity contribution in [3.63, 3.8) is 0 Å². The van der Waals surface area contributed by atoms with Crippen LogP contribution in [0.15, 0.2) is 30.5 Å². The van der Waals surface area contributed by atoms with Crippen molar-refractivity contribution in [3.05, 3.63) is 36.0 Å². The van der Waals surface area contributed by atoms with Gasteiger partial charge in [0.25, 0.3) is 0 Å². The molecule has 3 fully saturated rings. The van der Waals surface area contributed by atoms with E-state index < -0.39 is 0 Å². The summed E-state index contributed by atoms with van der Waals surface area (Å²) in [6.45, 7) is 4.41. The fraction of sp³-hybridized carbons (Fsp3) is 0.565. The Morgan fingerprint density at radius 2 is 1.90 bits per heavy atom. The van der Waals surface area contributed by atoms with Gasteiger partial charge in [-0.25, -0.2) is 0 Å². The first-order valence-corrected chi connectivity index (χ1v) is 10.9. The Morgan fingerprint density at radius 1 is 1.14 bits per heavy atom. The maximum absolute atomic E-state index is 12.9. The molecule has 3 aliphatic heterocycles. The van der Waals surface area contributed by atoms with Crippen molar-refractivity contribution >= 4 is 22.8 Å². The fourth-order valence-corrected chi connectivity index (χ4v) is 5.34. The monoisotopic (exact) mass is 395 g/mol. The minimum atomic E-state index is -0.373. The van der Waals surface area contributed by atoms with E-state index in [1.807, 2.05) is 29.3 Å². The average molecular weight is 396 g/mol. The average Bonchev–Trinajstić information content (AvgIpc) is 3.44. The lowest BCUT2D eigenvalue weighted by atomic mass is 9.76. The van der Waals surface area contributed by atoms with Gasteiger partial charge in [0.15, 0.2) is 0 Å². The van der Waals surface area contributed by atoms with Gasteiger partial charge < -0.3 is 14.6 Å². The second kappa shape index (κ2) is 7.48. The molecule has 6 heteroatoms. The molecule has 1 amide bonds. The van der Waals surface area contributed by atoms with E-state index in [1.165, 1.54) is 12.8 Å². The van der Waals surface area contributed by atoms with Gasteiger partial charge in [-0.15, -0.1) is 0 Å². The van der Waals surface area contributed by atoms with Crippen molar-refractivity contribution in [2.24, 2.45) is 5.41 Å². The molecule has 6 nitrogen and oxygen atoms in total. The van der Waals surface area contributed by atoms with Gasteiger partial charge in [0.2, 0.25) is 5.91 Å². The molecule has 5 rings (SSSR count). The number of rotatable bonds is 4. The Labute approximate surface area is 171 Å². The smallest absolute Gasteiger partial charge is 0.312 e. The number of carbonyl (C=O) groups excluding carboxylic acids is 2. The van der Waals surface area contributed by atoms with E-state index in [-0.39, 0.29) is 23.4 Å². The van der Waals surface area contributed by atoms with Crippen LogP contribution in [-0.4, -0.2) is 65.5 Å². The van der Waals surface area contributed by atoms with Crippen molar-refractivity contribution in [1.29, 1.82) is 0 Å². The number of esters is 1. The highest BCUT2D eigenvalue weighted by Crippen LogP contribution is 2.43. The first kappa shape index (κ1) is 18.7. The van der Waals surface area contributed by atoms with E-state index in [4.69, 9.17) is 4.74 Å². The van der Waals surface area contributed by atoms with Crippen LogP contribution < -0.4 is 0 Å². The molecule has 0 radical (unpaired) electrons. The predicted molar refractivity (Wildman–Crippen MR) is 110 cm³/mol. The second-order valence-electron chi connectivity index (χ2n) is 8.94. The third-order valence-corrected chi connectivity index (χ3v) is 7.08. The second-order valence-corrected chi connectivity index (χ2v) is 8.94. The minimum Gasteiger partial charge on any atom is -0.461 e. The van der Waals surface area contributed by atoms with E-state index in [1.54, 1.807) is 0 Å². The largest absolute Gasteiger partial charge is 0.461 e. The number of piperidine rings is 1. The summed E-state index contributed by atoms with van der Waals surface area (Å²) in [6.07, 6.45) is 7.12. The Hall–Kier alpha value is -2.34. The molecule has 1 aromatic heterocycles. The van der Waals surface area contributed by atoms with E-state index >= 15 is 0 Å². The molecule has 1 atom stereocenters. The van der Waals surface area contributed by atoms with Crippen molar-refractivity contribution < 1.29 is 14.3 Å². The number of para-hydroxylation sites is 1. The maximum Gasteiger partial charge on any atom is 0.312 e. The highest BCUT2D eigenvalue weighted by Gasteiger charge is 2.51. The van der Waals surface area contributed by atoms with E-state index in [0.29, 0.717) is 19.5 Å². The molecule has 154 valence electrons. The standard InChI is InChI=1S/C23H29N3O3/c27-21(13-17-15-24-20-6-2-1-5-19(17)20)26-11-7-23(8-12-26)14-18(29-22(23)28)16-25-9-3-4-10-25/h1-2,5-6,15,18,24H,3-4,7-14,16H2. The van der Waals surface area contributed by atoms with Gasteiger partial charge in [-0.3, -0.25) is 14.5 Å². The highest BCUT2D eigenvalue weighted by molar-refractivity contribution is 5.89. The van der Waals surface area contributed by atoms with Crippen LogP contribution in [0.1, 0.15) is 37.7 Å². The van der Waals surface area contributed by atoms with Crippen LogP contribution in [0.2, 0.25) is 0 Å². The molecule has 0 aliphatic carbocycles. The van der Waals surface area contributed by atoms with Gasteiger partial charge in [0.1, 0.15) is 6.10 Å². The number of H-pyrrole nitrogens is 1. The van der Waals surface area contributed by atoms with Crippen LogP contribution in [-0.2, 0) is 20.7 Å². The van der Waals surface area contributed by atoms with Gasteiger partial charge in [0, 0.05) is 43.2 Å². The van der Waals surface area contributed by atoms with Gasteiger partial charge in [-0.2, -0.15) is 0 Å². The van der Waals surface area contributed by atoms with E-state index in [0.717, 1.165) is 55.4 Å². The zero-order valence-corrected chi connectivity index (χ0v) is 16.9. The number of aromatic nitrogens is 1. The molecule has 0 saturated carbocycles. The fourth-order valence-electron chi connectivity index (χ4n) is 5.34. The number of hydrogen-bond acceptors (Lipinski definition) is 4. The lowest BCUT2D eigenvalue weighted by Crippen LogP contribution is -2.45. The van der Waals surface area contributed by atoms with Crippen molar-refractivity contribution in [3.8, 4) is 0 Å². The number of nitrogens with zero attached hydrogens (tertiary/aromatic N) is 2. The van der Waals surface area contributed by atoms with Crippen molar-refractivity contribution in [1.82, 2.24) is 14.8 Å². The third kappa shape index (κ3) is 3.54. The molecule has 3 saturated heterocycles. The lowest BCUT2D eigenvalue weighted by Gasteiger charge is -2.36. The topological polar surface area (TPSA) is 65.6 Å². The van der Waals surface area contributed by atoms with Gasteiger partial charge in [-0.1, -0.05) is 18.2 Å². The highest BCUT2D eigenvalue weighted by atomic mass is 16.6. The van der Waals surface area contributed by atoms with Crippen LogP contribution in [0.4, 0.5) is 0 Å². The van der Waals surface area contributed by atoms with Crippen LogP contribution in [0, 0.1) is 5.41 Å². The molecule has 1 unspecified atom stereocenters. The molecule has 29 heavy (non-hydrogen) atoms. The molecule has 1 spiro atoms. The number of nitrogens with one attached hydrogen (secondary N) is 1. The number of fused-ring (bicyclic) bond motifs is 1. The van der Waals surface area contributed by atoms with E-state index in [2.05, 4.69) is 16.0 Å². The van der Waals surface area contributed by atoms with Crippen molar-refractivity contribution in [2.75, 3.05) is 32.7 Å². The van der Waals surface area contributed by atoms with E-state index in [9.17, 15) is 9.59 Å². The maximum atomic E-state index is 12.9. The zero-order chi connectivity index (χ0) is 19.8. The summed E-state index contributed by atoms with van der Waals surface area (Å²) in [5.74, 6) is 0.106. The number of amides is 1. The predicted octanol–water partition coefficient (Wildman–Crippen LogP) is 2.73. The first-order chi connectivity index (χ1) is 14.1. The van der Waals surface area contributed by atoms with Crippen LogP contribution in [0.5, 0.6) is 0 Å². The number of hydrogen-bond donors (Lipinski definition) is 1. The SMILES string of the molecule is O=C(Cc1c[nH]c2ccccc12)N1CCC2(CC1)CC(CN1CCCC1)OC2=O. The zero-order valence-electron chi connectivity index (χ0n) is 16.9. The van der Waals surface area contributed by atoms with Crippen LogP contribution in [0.25, 0.3) is 10.9 Å². The van der Waals surface area contributed by atoms with Gasteiger partial charge in [0.05, 0.1) is 11.8 Å². The Balaban J connectivity index is 1.18. The summed E-state index contributed by atoms with van der Waals surface area (Å²) < 4.78 is 5.76. The Bertz CT molecular complexity index is 907. The molecule has 1 N–H and O–H groups in total. The van der Waals surface area contributed by atoms with Gasteiger partial charge in [-0.05, 0) is 50.4 Å². The quantitative estimate of drug-likeness (QED) is 0.809. The summed E-state index contributed by atoms with van der Waals surface area (Å²) in [5, 5.41) is 1.11. The lowest BCUT2D eigenvalue weighted by molar-refractivity contribution is -0.152. The molecule has 2 aromatic rings. The molecular weight excluding hydrogens is 366 g/mol. The summed E-state index contributed by atoms with van der Waals surface area (Å²) in [5.41, 5.74) is 1.73. The molecule has 0 bridgehead atoms. The molecule has 1 aromatic carbocycles. The molecule has 4 heterocycles. The molecular formula is C23H29N3O3.